The summed E-state index contributed by atoms with van der Waals surface area (Å²) in [6.45, 7) is 3.11. The molecular weight excluding hydrogens is 214 g/mol. The molecule has 0 atom stereocenters. The summed E-state index contributed by atoms with van der Waals surface area (Å²) < 4.78 is 0. The van der Waals surface area contributed by atoms with E-state index in [1.165, 1.54) is 20.9 Å². The van der Waals surface area contributed by atoms with Crippen LogP contribution in [0.4, 0.5) is 0 Å². The van der Waals surface area contributed by atoms with Gasteiger partial charge in [0, 0.05) is 22.7 Å². The lowest BCUT2D eigenvalue weighted by atomic mass is 10.0. The highest BCUT2D eigenvalue weighted by Crippen LogP contribution is 2.20. The van der Waals surface area contributed by atoms with E-state index in [0.29, 0.717) is 0 Å². The Morgan fingerprint density at radius 1 is 1.06 bits per heavy atom. The fourth-order valence-electron chi connectivity index (χ4n) is 1.86. The van der Waals surface area contributed by atoms with E-state index >= 15 is 0 Å². The summed E-state index contributed by atoms with van der Waals surface area (Å²) in [6, 6.07) is 13.1. The average molecular weight is 231 g/mol. The fourth-order valence-corrected chi connectivity index (χ4v) is 2.77. The van der Waals surface area contributed by atoms with E-state index < -0.39 is 0 Å². The van der Waals surface area contributed by atoms with Gasteiger partial charge in [0.25, 0.3) is 0 Å². The van der Waals surface area contributed by atoms with Crippen LogP contribution in [-0.2, 0) is 13.0 Å². The van der Waals surface area contributed by atoms with Crippen LogP contribution in [0.1, 0.15) is 20.9 Å². The Kier molecular flexibility index (Phi) is 3.75. The molecule has 2 aromatic rings. The molecule has 0 aliphatic heterocycles. The number of nitrogens with one attached hydrogen (secondary N) is 1. The average Bonchev–Trinajstić information content (AvgIpc) is 2.67. The lowest BCUT2D eigenvalue weighted by molar-refractivity contribution is 0.808. The van der Waals surface area contributed by atoms with Crippen molar-refractivity contribution in [3.63, 3.8) is 0 Å². The summed E-state index contributed by atoms with van der Waals surface area (Å²) in [5.41, 5.74) is 2.83. The van der Waals surface area contributed by atoms with Gasteiger partial charge in [0.15, 0.2) is 0 Å². The molecule has 16 heavy (non-hydrogen) atoms. The van der Waals surface area contributed by atoms with Crippen LogP contribution in [0.2, 0.25) is 0 Å². The number of thiophene rings is 1. The molecule has 0 amide bonds. The molecule has 0 unspecified atom stereocenters. The number of hydrogen-bond acceptors (Lipinski definition) is 2. The monoisotopic (exact) mass is 231 g/mol. The van der Waals surface area contributed by atoms with Crippen molar-refractivity contribution < 1.29 is 0 Å². The Labute approximate surface area is 101 Å². The lowest BCUT2D eigenvalue weighted by Gasteiger charge is -2.07. The predicted molar refractivity (Wildman–Crippen MR) is 71.1 cm³/mol. The second-order valence-corrected chi connectivity index (χ2v) is 5.36. The Morgan fingerprint density at radius 2 is 1.81 bits per heavy atom. The molecule has 0 aliphatic rings. The predicted octanol–water partition coefficient (Wildman–Crippen LogP) is 3.37. The molecule has 0 fully saturated rings. The van der Waals surface area contributed by atoms with E-state index in [0.717, 1.165) is 13.0 Å². The first-order valence-electron chi connectivity index (χ1n) is 5.56. The van der Waals surface area contributed by atoms with Crippen molar-refractivity contribution in [3.05, 3.63) is 57.3 Å². The van der Waals surface area contributed by atoms with Crippen LogP contribution >= 0.6 is 11.3 Å². The van der Waals surface area contributed by atoms with Crippen molar-refractivity contribution in [2.45, 2.75) is 19.9 Å². The van der Waals surface area contributed by atoms with E-state index in [-0.39, 0.29) is 0 Å². The summed E-state index contributed by atoms with van der Waals surface area (Å²) in [7, 11) is 1.99. The van der Waals surface area contributed by atoms with Gasteiger partial charge in [-0.15, -0.1) is 11.3 Å². The molecule has 0 bridgehead atoms. The Morgan fingerprint density at radius 3 is 2.44 bits per heavy atom. The second kappa shape index (κ2) is 5.28. The summed E-state index contributed by atoms with van der Waals surface area (Å²) in [5, 5.41) is 3.22. The third-order valence-corrected chi connectivity index (χ3v) is 3.65. The first-order chi connectivity index (χ1) is 7.79. The molecule has 1 heterocycles. The molecule has 1 aromatic heterocycles. The number of aryl methyl sites for hydroxylation is 1. The lowest BCUT2D eigenvalue weighted by Crippen LogP contribution is -2.07. The van der Waals surface area contributed by atoms with Crippen LogP contribution in [0.15, 0.2) is 36.4 Å². The van der Waals surface area contributed by atoms with E-state index in [4.69, 9.17) is 0 Å². The van der Waals surface area contributed by atoms with Gasteiger partial charge in [-0.3, -0.25) is 0 Å². The quantitative estimate of drug-likeness (QED) is 0.850. The first kappa shape index (κ1) is 11.4. The van der Waals surface area contributed by atoms with Crippen LogP contribution in [-0.4, -0.2) is 7.05 Å². The van der Waals surface area contributed by atoms with E-state index in [9.17, 15) is 0 Å². The smallest absolute Gasteiger partial charge is 0.0205 e. The largest absolute Gasteiger partial charge is 0.316 e. The van der Waals surface area contributed by atoms with Gasteiger partial charge in [-0.2, -0.15) is 0 Å². The SMILES string of the molecule is CNCc1ccccc1Cc1ccc(C)s1. The molecule has 1 nitrogen and oxygen atoms in total. The van der Waals surface area contributed by atoms with E-state index in [2.05, 4.69) is 48.6 Å². The van der Waals surface area contributed by atoms with Crippen molar-refractivity contribution in [1.82, 2.24) is 5.32 Å². The molecule has 0 radical (unpaired) electrons. The summed E-state index contributed by atoms with van der Waals surface area (Å²) >= 11 is 1.89. The van der Waals surface area contributed by atoms with Crippen molar-refractivity contribution in [3.8, 4) is 0 Å². The van der Waals surface area contributed by atoms with Crippen LogP contribution in [0.5, 0.6) is 0 Å². The van der Waals surface area contributed by atoms with Gasteiger partial charge < -0.3 is 5.32 Å². The maximum Gasteiger partial charge on any atom is 0.0205 e. The molecule has 2 rings (SSSR count). The maximum atomic E-state index is 3.22. The van der Waals surface area contributed by atoms with Crippen LogP contribution < -0.4 is 5.32 Å². The normalized spacial score (nSPS) is 10.6. The molecule has 0 saturated heterocycles. The highest BCUT2D eigenvalue weighted by atomic mass is 32.1. The van der Waals surface area contributed by atoms with E-state index in [1.807, 2.05) is 18.4 Å². The fraction of sp³-hybridized carbons (Fsp3) is 0.286. The Bertz CT molecular complexity index is 459. The zero-order valence-electron chi connectivity index (χ0n) is 9.79. The minimum atomic E-state index is 0.945. The van der Waals surface area contributed by atoms with Crippen LogP contribution in [0.25, 0.3) is 0 Å². The third-order valence-electron chi connectivity index (χ3n) is 2.65. The maximum absolute atomic E-state index is 3.22. The molecule has 0 spiro atoms. The van der Waals surface area contributed by atoms with Gasteiger partial charge >= 0.3 is 0 Å². The summed E-state index contributed by atoms with van der Waals surface area (Å²) in [6.07, 6.45) is 1.05. The molecule has 0 aliphatic carbocycles. The third kappa shape index (κ3) is 2.71. The molecule has 1 aromatic carbocycles. The second-order valence-electron chi connectivity index (χ2n) is 3.99. The number of rotatable bonds is 4. The van der Waals surface area contributed by atoms with Crippen molar-refractivity contribution in [2.75, 3.05) is 7.05 Å². The number of benzene rings is 1. The van der Waals surface area contributed by atoms with Gasteiger partial charge in [-0.05, 0) is 37.2 Å². The van der Waals surface area contributed by atoms with Gasteiger partial charge in [-0.1, -0.05) is 24.3 Å². The minimum Gasteiger partial charge on any atom is -0.316 e. The van der Waals surface area contributed by atoms with Gasteiger partial charge in [0.05, 0.1) is 0 Å². The first-order valence-corrected chi connectivity index (χ1v) is 6.38. The van der Waals surface area contributed by atoms with Gasteiger partial charge in [-0.25, -0.2) is 0 Å². The Hall–Kier alpha value is -1.12. The van der Waals surface area contributed by atoms with Crippen molar-refractivity contribution in [2.24, 2.45) is 0 Å². The highest BCUT2D eigenvalue weighted by Gasteiger charge is 2.03. The van der Waals surface area contributed by atoms with Gasteiger partial charge in [0.2, 0.25) is 0 Å². The molecule has 0 saturated carbocycles. The minimum absolute atomic E-state index is 0.945. The van der Waals surface area contributed by atoms with Crippen LogP contribution in [0.3, 0.4) is 0 Å². The Balaban J connectivity index is 2.20. The van der Waals surface area contributed by atoms with Gasteiger partial charge in [0.1, 0.15) is 0 Å². The zero-order chi connectivity index (χ0) is 11.4. The molecular formula is C14H17NS. The molecule has 2 heteroatoms. The molecule has 1 N–H and O–H groups in total. The summed E-state index contributed by atoms with van der Waals surface area (Å²) in [4.78, 5) is 2.84. The zero-order valence-corrected chi connectivity index (χ0v) is 10.6. The van der Waals surface area contributed by atoms with Crippen LogP contribution in [0, 0.1) is 6.92 Å². The topological polar surface area (TPSA) is 12.0 Å². The van der Waals surface area contributed by atoms with Crippen molar-refractivity contribution >= 4 is 11.3 Å². The highest BCUT2D eigenvalue weighted by molar-refractivity contribution is 7.11. The summed E-state index contributed by atoms with van der Waals surface area (Å²) in [5.74, 6) is 0. The number of hydrogen-bond donors (Lipinski definition) is 1. The van der Waals surface area contributed by atoms with Crippen molar-refractivity contribution in [1.29, 1.82) is 0 Å². The van der Waals surface area contributed by atoms with E-state index in [1.54, 1.807) is 0 Å². The standard InChI is InChI=1S/C14H17NS/c1-11-7-8-14(16-11)9-12-5-3-4-6-13(12)10-15-2/h3-8,15H,9-10H2,1-2H3. The molecule has 84 valence electrons.